The van der Waals surface area contributed by atoms with Crippen molar-refractivity contribution in [3.05, 3.63) is 58.4 Å². The lowest BCUT2D eigenvalue weighted by Crippen LogP contribution is -2.24. The van der Waals surface area contributed by atoms with Crippen LogP contribution in [-0.2, 0) is 13.2 Å². The van der Waals surface area contributed by atoms with Gasteiger partial charge in [-0.25, -0.2) is 4.39 Å². The fourth-order valence-electron chi connectivity index (χ4n) is 2.61. The van der Waals surface area contributed by atoms with Gasteiger partial charge < -0.3 is 25.2 Å². The summed E-state index contributed by atoms with van der Waals surface area (Å²) in [5, 5.41) is 15.5. The number of rotatable bonds is 12. The van der Waals surface area contributed by atoms with Crippen LogP contribution < -0.4 is 20.1 Å². The molecule has 5 nitrogen and oxygen atoms in total. The minimum atomic E-state index is -0.396. The zero-order chi connectivity index (χ0) is 19.5. The molecule has 0 aliphatic carbocycles. The SMILES string of the molecule is COc1cccc(CNCCCNCCO)c1OCc1c(F)cccc1Cl. The maximum absolute atomic E-state index is 14.0. The molecule has 0 atom stereocenters. The van der Waals surface area contributed by atoms with Crippen LogP contribution in [0.15, 0.2) is 36.4 Å². The van der Waals surface area contributed by atoms with Crippen LogP contribution in [0.2, 0.25) is 5.02 Å². The molecule has 0 aromatic heterocycles. The first kappa shape index (κ1) is 21.4. The van der Waals surface area contributed by atoms with E-state index in [9.17, 15) is 4.39 Å². The van der Waals surface area contributed by atoms with Gasteiger partial charge in [-0.3, -0.25) is 0 Å². The number of ether oxygens (including phenoxy) is 2. The smallest absolute Gasteiger partial charge is 0.166 e. The molecule has 2 rings (SSSR count). The van der Waals surface area contributed by atoms with Crippen LogP contribution in [0.3, 0.4) is 0 Å². The molecule has 2 aromatic carbocycles. The van der Waals surface area contributed by atoms with E-state index in [4.69, 9.17) is 26.2 Å². The number of hydrogen-bond donors (Lipinski definition) is 3. The minimum absolute atomic E-state index is 0.0178. The largest absolute Gasteiger partial charge is 0.493 e. The van der Waals surface area contributed by atoms with Crippen molar-refractivity contribution in [3.63, 3.8) is 0 Å². The van der Waals surface area contributed by atoms with Gasteiger partial charge in [-0.2, -0.15) is 0 Å². The first-order valence-corrected chi connectivity index (χ1v) is 9.29. The number of aliphatic hydroxyl groups is 1. The number of aliphatic hydroxyl groups excluding tert-OH is 1. The van der Waals surface area contributed by atoms with E-state index in [0.717, 1.165) is 25.1 Å². The monoisotopic (exact) mass is 396 g/mol. The predicted octanol–water partition coefficient (Wildman–Crippen LogP) is 3.13. The standard InChI is InChI=1S/C20H26ClFN2O3/c1-26-19-8-2-5-15(13-24-10-4-9-23-11-12-25)20(19)27-14-16-17(21)6-3-7-18(16)22/h2-3,5-8,23-25H,4,9-14H2,1H3. The lowest BCUT2D eigenvalue weighted by molar-refractivity contribution is 0.276. The zero-order valence-electron chi connectivity index (χ0n) is 15.4. The molecule has 2 aromatic rings. The molecule has 0 aliphatic heterocycles. The Morgan fingerprint density at radius 3 is 2.59 bits per heavy atom. The molecular formula is C20H26ClFN2O3. The van der Waals surface area contributed by atoms with Gasteiger partial charge in [0.15, 0.2) is 11.5 Å². The summed E-state index contributed by atoms with van der Waals surface area (Å²) < 4.78 is 25.3. The topological polar surface area (TPSA) is 62.8 Å². The average Bonchev–Trinajstić information content (AvgIpc) is 2.67. The van der Waals surface area contributed by atoms with E-state index in [2.05, 4.69) is 10.6 Å². The highest BCUT2D eigenvalue weighted by Gasteiger charge is 2.13. The van der Waals surface area contributed by atoms with Crippen molar-refractivity contribution in [1.82, 2.24) is 10.6 Å². The molecule has 0 aliphatic rings. The summed E-state index contributed by atoms with van der Waals surface area (Å²) >= 11 is 6.08. The van der Waals surface area contributed by atoms with Gasteiger partial charge in [0.25, 0.3) is 0 Å². The third-order valence-corrected chi connectivity index (χ3v) is 4.37. The fourth-order valence-corrected chi connectivity index (χ4v) is 2.82. The maximum atomic E-state index is 14.0. The summed E-state index contributed by atoms with van der Waals surface area (Å²) in [7, 11) is 1.57. The molecule has 0 spiro atoms. The minimum Gasteiger partial charge on any atom is -0.493 e. The van der Waals surface area contributed by atoms with Gasteiger partial charge in [-0.1, -0.05) is 29.8 Å². The van der Waals surface area contributed by atoms with Crippen LogP contribution in [0.5, 0.6) is 11.5 Å². The number of hydrogen-bond acceptors (Lipinski definition) is 5. The van der Waals surface area contributed by atoms with E-state index in [-0.39, 0.29) is 13.2 Å². The van der Waals surface area contributed by atoms with E-state index in [1.807, 2.05) is 12.1 Å². The Kier molecular flexibility index (Phi) is 9.35. The first-order valence-electron chi connectivity index (χ1n) is 8.91. The summed E-state index contributed by atoms with van der Waals surface area (Å²) in [5.41, 5.74) is 1.24. The number of nitrogens with one attached hydrogen (secondary N) is 2. The number of para-hydroxylation sites is 1. The van der Waals surface area contributed by atoms with E-state index in [1.54, 1.807) is 25.3 Å². The van der Waals surface area contributed by atoms with Gasteiger partial charge >= 0.3 is 0 Å². The molecule has 27 heavy (non-hydrogen) atoms. The number of methoxy groups -OCH3 is 1. The van der Waals surface area contributed by atoms with Crippen molar-refractivity contribution in [1.29, 1.82) is 0 Å². The first-order chi connectivity index (χ1) is 13.2. The normalized spacial score (nSPS) is 10.8. The summed E-state index contributed by atoms with van der Waals surface area (Å²) in [4.78, 5) is 0. The number of benzene rings is 2. The highest BCUT2D eigenvalue weighted by atomic mass is 35.5. The van der Waals surface area contributed by atoms with E-state index in [0.29, 0.717) is 35.2 Å². The highest BCUT2D eigenvalue weighted by molar-refractivity contribution is 6.31. The second-order valence-corrected chi connectivity index (χ2v) is 6.35. The molecule has 0 bridgehead atoms. The molecule has 0 saturated carbocycles. The van der Waals surface area contributed by atoms with Gasteiger partial charge in [-0.15, -0.1) is 0 Å². The van der Waals surface area contributed by atoms with Crippen molar-refractivity contribution in [2.24, 2.45) is 0 Å². The van der Waals surface area contributed by atoms with Gasteiger partial charge in [0, 0.05) is 24.2 Å². The van der Waals surface area contributed by atoms with Gasteiger partial charge in [0.2, 0.25) is 0 Å². The van der Waals surface area contributed by atoms with E-state index < -0.39 is 5.82 Å². The third-order valence-electron chi connectivity index (χ3n) is 4.01. The Morgan fingerprint density at radius 2 is 1.85 bits per heavy atom. The molecule has 0 heterocycles. The fraction of sp³-hybridized carbons (Fsp3) is 0.400. The van der Waals surface area contributed by atoms with E-state index in [1.165, 1.54) is 6.07 Å². The predicted molar refractivity (Wildman–Crippen MR) is 105 cm³/mol. The van der Waals surface area contributed by atoms with Gasteiger partial charge in [-0.05, 0) is 37.7 Å². The quantitative estimate of drug-likeness (QED) is 0.481. The van der Waals surface area contributed by atoms with Crippen molar-refractivity contribution < 1.29 is 19.0 Å². The molecule has 3 N–H and O–H groups in total. The Hall–Kier alpha value is -1.86. The summed E-state index contributed by atoms with van der Waals surface area (Å²) in [6, 6.07) is 10.2. The van der Waals surface area contributed by atoms with Crippen LogP contribution in [0.25, 0.3) is 0 Å². The van der Waals surface area contributed by atoms with Crippen molar-refractivity contribution >= 4 is 11.6 Å². The van der Waals surface area contributed by atoms with Crippen LogP contribution >= 0.6 is 11.6 Å². The summed E-state index contributed by atoms with van der Waals surface area (Å²) in [6.07, 6.45) is 0.936. The third kappa shape index (κ3) is 6.66. The highest BCUT2D eigenvalue weighted by Crippen LogP contribution is 2.32. The van der Waals surface area contributed by atoms with Gasteiger partial charge in [0.1, 0.15) is 12.4 Å². The van der Waals surface area contributed by atoms with E-state index >= 15 is 0 Å². The molecular weight excluding hydrogens is 371 g/mol. The van der Waals surface area contributed by atoms with Gasteiger partial charge in [0.05, 0.1) is 18.7 Å². The zero-order valence-corrected chi connectivity index (χ0v) is 16.2. The lowest BCUT2D eigenvalue weighted by Gasteiger charge is -2.16. The Labute approximate surface area is 164 Å². The number of halogens is 2. The van der Waals surface area contributed by atoms with Crippen LogP contribution in [0.4, 0.5) is 4.39 Å². The summed E-state index contributed by atoms with van der Waals surface area (Å²) in [5.74, 6) is 0.768. The average molecular weight is 397 g/mol. The molecule has 0 unspecified atom stereocenters. The molecule has 0 fully saturated rings. The van der Waals surface area contributed by atoms with Crippen LogP contribution in [0, 0.1) is 5.82 Å². The Balaban J connectivity index is 1.98. The summed E-state index contributed by atoms with van der Waals surface area (Å²) in [6.45, 7) is 3.01. The molecule has 0 saturated heterocycles. The molecule has 0 radical (unpaired) electrons. The van der Waals surface area contributed by atoms with Crippen LogP contribution in [0.1, 0.15) is 17.5 Å². The lowest BCUT2D eigenvalue weighted by atomic mass is 10.1. The van der Waals surface area contributed by atoms with Crippen molar-refractivity contribution in [2.75, 3.05) is 33.4 Å². The van der Waals surface area contributed by atoms with Crippen molar-refractivity contribution in [3.8, 4) is 11.5 Å². The van der Waals surface area contributed by atoms with Crippen molar-refractivity contribution in [2.45, 2.75) is 19.6 Å². The molecule has 7 heteroatoms. The second kappa shape index (κ2) is 11.8. The Morgan fingerprint density at radius 1 is 1.07 bits per heavy atom. The molecule has 148 valence electrons. The Bertz CT molecular complexity index is 695. The van der Waals surface area contributed by atoms with Crippen LogP contribution in [-0.4, -0.2) is 38.5 Å². The molecule has 0 amide bonds. The maximum Gasteiger partial charge on any atom is 0.166 e. The second-order valence-electron chi connectivity index (χ2n) is 5.94.